The van der Waals surface area contributed by atoms with Crippen molar-refractivity contribution in [3.63, 3.8) is 0 Å². The number of aromatic nitrogens is 3. The van der Waals surface area contributed by atoms with E-state index in [9.17, 15) is 28.0 Å². The van der Waals surface area contributed by atoms with Gasteiger partial charge in [-0.3, -0.25) is 9.59 Å². The number of carbonyl (C=O) groups is 2. The van der Waals surface area contributed by atoms with Crippen LogP contribution in [-0.4, -0.2) is 32.6 Å². The van der Waals surface area contributed by atoms with E-state index in [1.807, 2.05) is 6.07 Å². The van der Waals surface area contributed by atoms with Crippen LogP contribution in [0.4, 0.5) is 30.4 Å². The summed E-state index contributed by atoms with van der Waals surface area (Å²) in [5, 5.41) is 22.1. The van der Waals surface area contributed by atoms with Crippen LogP contribution < -0.4 is 16.0 Å². The fraction of sp³-hybridized carbons (Fsp3) is 0.179. The van der Waals surface area contributed by atoms with Crippen molar-refractivity contribution < 1.29 is 22.8 Å². The van der Waals surface area contributed by atoms with E-state index >= 15 is 0 Å². The predicted octanol–water partition coefficient (Wildman–Crippen LogP) is 6.25. The lowest BCUT2D eigenvalue weighted by molar-refractivity contribution is -0.137. The largest absolute Gasteiger partial charge is 0.416 e. The Hall–Kier alpha value is -4.89. The number of hydrogen-bond acceptors (Lipinski definition) is 6. The molecule has 0 aliphatic rings. The maximum absolute atomic E-state index is 13.7. The van der Waals surface area contributed by atoms with E-state index in [1.165, 1.54) is 42.6 Å². The van der Waals surface area contributed by atoms with Crippen LogP contribution in [0.2, 0.25) is 5.02 Å². The summed E-state index contributed by atoms with van der Waals surface area (Å²) in [5.74, 6) is -1.09. The third-order valence-electron chi connectivity index (χ3n) is 5.71. The maximum atomic E-state index is 13.7. The van der Waals surface area contributed by atoms with Crippen LogP contribution >= 0.6 is 11.6 Å². The zero-order valence-electron chi connectivity index (χ0n) is 22.0. The van der Waals surface area contributed by atoms with Crippen LogP contribution in [0.1, 0.15) is 51.4 Å². The Morgan fingerprint density at radius 2 is 1.83 bits per heavy atom. The molecule has 41 heavy (non-hydrogen) atoms. The highest BCUT2D eigenvalue weighted by Crippen LogP contribution is 2.32. The molecule has 0 saturated heterocycles. The van der Waals surface area contributed by atoms with Crippen molar-refractivity contribution in [2.75, 3.05) is 10.6 Å². The summed E-state index contributed by atoms with van der Waals surface area (Å²) in [6.45, 7) is 5.17. The number of amides is 2. The van der Waals surface area contributed by atoms with Gasteiger partial charge in [-0.05, 0) is 68.8 Å². The topological polar surface area (TPSA) is 125 Å². The van der Waals surface area contributed by atoms with Crippen LogP contribution in [0, 0.1) is 18.3 Å². The van der Waals surface area contributed by atoms with Crippen molar-refractivity contribution in [1.82, 2.24) is 20.1 Å². The van der Waals surface area contributed by atoms with Crippen LogP contribution in [0.15, 0.2) is 60.8 Å². The lowest BCUT2D eigenvalue weighted by Crippen LogP contribution is -2.31. The first-order valence-electron chi connectivity index (χ1n) is 12.2. The summed E-state index contributed by atoms with van der Waals surface area (Å²) < 4.78 is 40.8. The van der Waals surface area contributed by atoms with Crippen molar-refractivity contribution >= 4 is 40.6 Å². The summed E-state index contributed by atoms with van der Waals surface area (Å²) in [6, 6.07) is 13.6. The third-order valence-corrected chi connectivity index (χ3v) is 6.01. The molecular weight excluding hydrogens is 559 g/mol. The second kappa shape index (κ2) is 11.7. The predicted molar refractivity (Wildman–Crippen MR) is 148 cm³/mol. The molecule has 0 aliphatic heterocycles. The SMILES string of the molecule is Cc1cc(C#N)cc(C(=O)NC(C)C)c1NC(=O)c1cc(Nc2cccc(C(F)(F)F)c2)nn1-c1ncccc1Cl. The van der Waals surface area contributed by atoms with Gasteiger partial charge in [-0.25, -0.2) is 9.67 Å². The Bertz CT molecular complexity index is 1680. The Morgan fingerprint density at radius 1 is 1.07 bits per heavy atom. The minimum Gasteiger partial charge on any atom is -0.350 e. The molecule has 0 bridgehead atoms. The number of aryl methyl sites for hydroxylation is 1. The van der Waals surface area contributed by atoms with Crippen molar-refractivity contribution in [1.29, 1.82) is 5.26 Å². The maximum Gasteiger partial charge on any atom is 0.416 e. The number of hydrogen-bond donors (Lipinski definition) is 3. The molecule has 0 aliphatic carbocycles. The molecule has 0 saturated carbocycles. The number of nitriles is 1. The second-order valence-corrected chi connectivity index (χ2v) is 9.66. The Kier molecular flexibility index (Phi) is 8.30. The molecule has 0 spiro atoms. The van der Waals surface area contributed by atoms with Crippen LogP contribution in [0.25, 0.3) is 5.82 Å². The molecule has 4 aromatic rings. The fourth-order valence-electron chi connectivity index (χ4n) is 3.93. The number of alkyl halides is 3. The highest BCUT2D eigenvalue weighted by atomic mass is 35.5. The Balaban J connectivity index is 1.77. The Morgan fingerprint density at radius 3 is 2.49 bits per heavy atom. The van der Waals surface area contributed by atoms with E-state index in [0.717, 1.165) is 16.8 Å². The molecule has 0 atom stereocenters. The van der Waals surface area contributed by atoms with Gasteiger partial charge in [0.15, 0.2) is 11.6 Å². The highest BCUT2D eigenvalue weighted by molar-refractivity contribution is 6.32. The number of halogens is 4. The summed E-state index contributed by atoms with van der Waals surface area (Å²) >= 11 is 6.33. The third kappa shape index (κ3) is 6.64. The summed E-state index contributed by atoms with van der Waals surface area (Å²) in [4.78, 5) is 30.8. The number of rotatable bonds is 7. The standard InChI is InChI=1S/C28H23ClF3N7O2/c1-15(2)35-26(40)20-11-17(14-33)10-16(3)24(20)37-27(41)22-13-23(38-39(22)25-21(29)8-5-9-34-25)36-19-7-4-6-18(12-19)28(30,31)32/h4-13,15H,1-3H3,(H,35,40)(H,36,38)(H,37,41). The van der Waals surface area contributed by atoms with Crippen LogP contribution in [0.5, 0.6) is 0 Å². The quantitative estimate of drug-likeness (QED) is 0.237. The minimum atomic E-state index is -4.55. The molecule has 210 valence electrons. The van der Waals surface area contributed by atoms with Gasteiger partial charge in [-0.2, -0.15) is 18.4 Å². The normalized spacial score (nSPS) is 11.2. The molecule has 2 amide bonds. The second-order valence-electron chi connectivity index (χ2n) is 9.25. The number of anilines is 3. The zero-order chi connectivity index (χ0) is 29.9. The molecule has 13 heteroatoms. The lowest BCUT2D eigenvalue weighted by atomic mass is 10.0. The zero-order valence-corrected chi connectivity index (χ0v) is 22.7. The first kappa shape index (κ1) is 29.1. The van der Waals surface area contributed by atoms with Crippen molar-refractivity contribution in [3.05, 3.63) is 93.8 Å². The van der Waals surface area contributed by atoms with E-state index in [2.05, 4.69) is 26.0 Å². The molecule has 2 aromatic heterocycles. The summed E-state index contributed by atoms with van der Waals surface area (Å²) in [6.07, 6.45) is -3.12. The molecule has 3 N–H and O–H groups in total. The van der Waals surface area contributed by atoms with E-state index in [0.29, 0.717) is 5.56 Å². The fourth-order valence-corrected chi connectivity index (χ4v) is 4.14. The average Bonchev–Trinajstić information content (AvgIpc) is 3.32. The molecule has 9 nitrogen and oxygen atoms in total. The summed E-state index contributed by atoms with van der Waals surface area (Å²) in [7, 11) is 0. The van der Waals surface area contributed by atoms with Gasteiger partial charge in [0.25, 0.3) is 11.8 Å². The van der Waals surface area contributed by atoms with Gasteiger partial charge in [-0.15, -0.1) is 5.10 Å². The highest BCUT2D eigenvalue weighted by Gasteiger charge is 2.30. The average molecular weight is 582 g/mol. The van der Waals surface area contributed by atoms with Gasteiger partial charge in [-0.1, -0.05) is 17.7 Å². The van der Waals surface area contributed by atoms with E-state index in [1.54, 1.807) is 26.8 Å². The number of nitrogens with zero attached hydrogens (tertiary/aromatic N) is 4. The number of benzene rings is 2. The van der Waals surface area contributed by atoms with E-state index < -0.39 is 23.6 Å². The summed E-state index contributed by atoms with van der Waals surface area (Å²) in [5.41, 5.74) is 0.0597. The van der Waals surface area contributed by atoms with Crippen molar-refractivity contribution in [2.45, 2.75) is 33.0 Å². The molecule has 4 rings (SSSR count). The van der Waals surface area contributed by atoms with Gasteiger partial charge >= 0.3 is 6.18 Å². The lowest BCUT2D eigenvalue weighted by Gasteiger charge is -2.16. The van der Waals surface area contributed by atoms with E-state index in [4.69, 9.17) is 11.6 Å². The smallest absolute Gasteiger partial charge is 0.350 e. The minimum absolute atomic E-state index is 0.0329. The molecule has 2 aromatic carbocycles. The molecule has 0 radical (unpaired) electrons. The van der Waals surface area contributed by atoms with Crippen molar-refractivity contribution in [3.8, 4) is 11.9 Å². The van der Waals surface area contributed by atoms with Gasteiger partial charge in [0.2, 0.25) is 0 Å². The van der Waals surface area contributed by atoms with Crippen molar-refractivity contribution in [2.24, 2.45) is 0 Å². The first-order valence-corrected chi connectivity index (χ1v) is 12.6. The molecule has 0 fully saturated rings. The molecular formula is C28H23ClF3N7O2. The van der Waals surface area contributed by atoms with Crippen LogP contribution in [-0.2, 0) is 6.18 Å². The number of carbonyl (C=O) groups excluding carboxylic acids is 2. The molecule has 0 unspecified atom stereocenters. The van der Waals surface area contributed by atoms with Gasteiger partial charge < -0.3 is 16.0 Å². The van der Waals surface area contributed by atoms with Gasteiger partial charge in [0, 0.05) is 24.0 Å². The Labute approximate surface area is 238 Å². The molecule has 2 heterocycles. The number of pyridine rings is 1. The van der Waals surface area contributed by atoms with Crippen LogP contribution in [0.3, 0.4) is 0 Å². The monoisotopic (exact) mass is 581 g/mol. The van der Waals surface area contributed by atoms with Gasteiger partial charge in [0.1, 0.15) is 5.69 Å². The first-order chi connectivity index (χ1) is 19.4. The van der Waals surface area contributed by atoms with E-state index in [-0.39, 0.29) is 50.9 Å². The van der Waals surface area contributed by atoms with Gasteiger partial charge in [0.05, 0.1) is 33.5 Å². The number of nitrogens with one attached hydrogen (secondary N) is 3.